The van der Waals surface area contributed by atoms with E-state index in [1.54, 1.807) is 0 Å². The maximum absolute atomic E-state index is 11.2. The molecule has 20 heteroatoms. The minimum atomic E-state index is -4.85. The summed E-state index contributed by atoms with van der Waals surface area (Å²) in [5, 5.41) is 45.3. The summed E-state index contributed by atoms with van der Waals surface area (Å²) < 4.78 is 22.1. The van der Waals surface area contributed by atoms with Crippen LogP contribution in [-0.4, -0.2) is 74.3 Å². The number of anilines is 1. The summed E-state index contributed by atoms with van der Waals surface area (Å²) in [6.45, 7) is -0.854. The van der Waals surface area contributed by atoms with Crippen LogP contribution < -0.4 is 5.32 Å². The van der Waals surface area contributed by atoms with Crippen molar-refractivity contribution in [3.63, 3.8) is 0 Å². The van der Waals surface area contributed by atoms with Gasteiger partial charge in [-0.25, -0.2) is 19.5 Å². The molecule has 2 aromatic heterocycles. The zero-order valence-electron chi connectivity index (χ0n) is 18.2. The molecule has 0 radical (unpaired) electrons. The standard InChI is InChI=1S/C17H17ClN7O11P/c18-11-8(24(28)29)1-7(2-9(11)25(30)31)3-19-15-12-16(21-5-20-15)23(6-22-12)17-14(27)13(26)10(36-17)4-35-37(32,33)34/h1-2,5-6,10,13-14,17,26-27H,3-4H2,(H,19,20,21)(H2,32,33,34)/t10-,13-,14-,17-/m1/s1. The molecule has 0 unspecified atom stereocenters. The van der Waals surface area contributed by atoms with Crippen molar-refractivity contribution < 1.29 is 43.7 Å². The van der Waals surface area contributed by atoms with E-state index in [2.05, 4.69) is 24.8 Å². The van der Waals surface area contributed by atoms with Gasteiger partial charge in [-0.3, -0.25) is 29.3 Å². The van der Waals surface area contributed by atoms with E-state index >= 15 is 0 Å². The van der Waals surface area contributed by atoms with Crippen molar-refractivity contribution in [2.75, 3.05) is 11.9 Å². The molecule has 0 saturated carbocycles. The van der Waals surface area contributed by atoms with Crippen molar-refractivity contribution in [2.24, 2.45) is 0 Å². The molecule has 0 aliphatic carbocycles. The van der Waals surface area contributed by atoms with Gasteiger partial charge in [0, 0.05) is 18.7 Å². The lowest BCUT2D eigenvalue weighted by Gasteiger charge is -2.16. The van der Waals surface area contributed by atoms with E-state index in [1.165, 1.54) is 10.9 Å². The summed E-state index contributed by atoms with van der Waals surface area (Å²) in [5.74, 6) is 0.124. The van der Waals surface area contributed by atoms with Crippen molar-refractivity contribution >= 4 is 47.8 Å². The number of hydrogen-bond donors (Lipinski definition) is 5. The molecule has 0 bridgehead atoms. The van der Waals surface area contributed by atoms with E-state index in [4.69, 9.17) is 26.1 Å². The molecular formula is C17H17ClN7O11P. The Kier molecular flexibility index (Phi) is 7.36. The van der Waals surface area contributed by atoms with Gasteiger partial charge in [0.25, 0.3) is 11.4 Å². The lowest BCUT2D eigenvalue weighted by molar-refractivity contribution is -0.394. The van der Waals surface area contributed by atoms with Crippen LogP contribution in [0.3, 0.4) is 0 Å². The molecule has 3 heterocycles. The normalized spacial score (nSPS) is 21.9. The van der Waals surface area contributed by atoms with E-state index in [0.29, 0.717) is 0 Å². The van der Waals surface area contributed by atoms with Gasteiger partial charge in [0.05, 0.1) is 22.8 Å². The third kappa shape index (κ3) is 5.50. The fraction of sp³-hybridized carbons (Fsp3) is 0.353. The largest absolute Gasteiger partial charge is 0.469 e. The molecular weight excluding hydrogens is 545 g/mol. The van der Waals surface area contributed by atoms with Crippen molar-refractivity contribution in [1.29, 1.82) is 0 Å². The second-order valence-electron chi connectivity index (χ2n) is 7.69. The number of imidazole rings is 1. The second-order valence-corrected chi connectivity index (χ2v) is 9.31. The molecule has 5 N–H and O–H groups in total. The van der Waals surface area contributed by atoms with E-state index in [0.717, 1.165) is 18.5 Å². The number of nitro groups is 2. The number of nitrogens with zero attached hydrogens (tertiary/aromatic N) is 6. The SMILES string of the molecule is O=[N+]([O-])c1cc(CNc2ncnc3c2ncn3[C@@H]2O[C@H](COP(=O)(O)O)[C@@H](O)[C@H]2O)cc([N+](=O)[O-])c1Cl. The smallest absolute Gasteiger partial charge is 0.387 e. The Morgan fingerprint density at radius 3 is 2.38 bits per heavy atom. The minimum absolute atomic E-state index is 0.123. The van der Waals surface area contributed by atoms with Crippen molar-refractivity contribution in [3.05, 3.63) is 55.6 Å². The number of fused-ring (bicyclic) bond motifs is 1. The van der Waals surface area contributed by atoms with Gasteiger partial charge < -0.3 is 30.1 Å². The molecule has 37 heavy (non-hydrogen) atoms. The number of hydrogen-bond acceptors (Lipinski definition) is 13. The second kappa shape index (κ2) is 10.2. The van der Waals surface area contributed by atoms with Crippen LogP contribution in [0.25, 0.3) is 11.2 Å². The van der Waals surface area contributed by atoms with E-state index in [9.17, 15) is 35.0 Å². The number of phosphoric acid groups is 1. The highest BCUT2D eigenvalue weighted by molar-refractivity contribution is 7.46. The first-order chi connectivity index (χ1) is 17.4. The number of benzene rings is 1. The summed E-state index contributed by atoms with van der Waals surface area (Å²) in [5.41, 5.74) is -0.861. The highest BCUT2D eigenvalue weighted by Gasteiger charge is 2.45. The Hall–Kier alpha value is -3.35. The summed E-state index contributed by atoms with van der Waals surface area (Å²) in [6.07, 6.45) is -3.28. The Balaban J connectivity index is 1.58. The van der Waals surface area contributed by atoms with E-state index < -0.39 is 65.2 Å². The molecule has 0 spiro atoms. The number of phosphoric ester groups is 1. The number of nitrogens with one attached hydrogen (secondary N) is 1. The van der Waals surface area contributed by atoms with Crippen LogP contribution >= 0.6 is 19.4 Å². The zero-order valence-corrected chi connectivity index (χ0v) is 19.8. The van der Waals surface area contributed by atoms with Crippen molar-refractivity contribution in [2.45, 2.75) is 31.1 Å². The fourth-order valence-electron chi connectivity index (χ4n) is 3.64. The van der Waals surface area contributed by atoms with Gasteiger partial charge in [-0.05, 0) is 5.56 Å². The van der Waals surface area contributed by atoms with E-state index in [1.807, 2.05) is 0 Å². The van der Waals surface area contributed by atoms with Crippen LogP contribution in [0.1, 0.15) is 11.8 Å². The number of aromatic nitrogens is 4. The molecule has 1 fully saturated rings. The monoisotopic (exact) mass is 561 g/mol. The summed E-state index contributed by atoms with van der Waals surface area (Å²) >= 11 is 5.77. The van der Waals surface area contributed by atoms with Gasteiger partial charge in [0.15, 0.2) is 28.2 Å². The quantitative estimate of drug-likeness (QED) is 0.136. The van der Waals surface area contributed by atoms with Gasteiger partial charge in [-0.1, -0.05) is 11.6 Å². The number of ether oxygens (including phenoxy) is 1. The summed E-state index contributed by atoms with van der Waals surface area (Å²) in [4.78, 5) is 50.8. The highest BCUT2D eigenvalue weighted by Crippen LogP contribution is 2.39. The Morgan fingerprint density at radius 1 is 1.14 bits per heavy atom. The first kappa shape index (κ1) is 26.7. The van der Waals surface area contributed by atoms with Crippen LogP contribution in [0.15, 0.2) is 24.8 Å². The molecule has 1 saturated heterocycles. The third-order valence-corrected chi connectivity index (χ3v) is 6.20. The predicted molar refractivity (Wildman–Crippen MR) is 121 cm³/mol. The van der Waals surface area contributed by atoms with Gasteiger partial charge in [-0.2, -0.15) is 0 Å². The van der Waals surface area contributed by atoms with Gasteiger partial charge in [-0.15, -0.1) is 0 Å². The van der Waals surface area contributed by atoms with Gasteiger partial charge in [0.1, 0.15) is 24.6 Å². The zero-order chi connectivity index (χ0) is 27.1. The summed E-state index contributed by atoms with van der Waals surface area (Å²) in [6, 6.07) is 2.15. The Bertz CT molecular complexity index is 1380. The molecule has 4 atom stereocenters. The lowest BCUT2D eigenvalue weighted by Crippen LogP contribution is -2.33. The van der Waals surface area contributed by atoms with Crippen LogP contribution in [0.2, 0.25) is 5.02 Å². The van der Waals surface area contributed by atoms with Crippen molar-refractivity contribution in [1.82, 2.24) is 19.5 Å². The van der Waals surface area contributed by atoms with Crippen LogP contribution in [-0.2, 0) is 20.4 Å². The molecule has 1 aliphatic rings. The molecule has 3 aromatic rings. The van der Waals surface area contributed by atoms with Crippen molar-refractivity contribution in [3.8, 4) is 0 Å². The fourth-order valence-corrected chi connectivity index (χ4v) is 4.23. The Morgan fingerprint density at radius 2 is 1.78 bits per heavy atom. The van der Waals surface area contributed by atoms with Crippen LogP contribution in [0, 0.1) is 20.2 Å². The third-order valence-electron chi connectivity index (χ3n) is 5.32. The average molecular weight is 562 g/mol. The minimum Gasteiger partial charge on any atom is -0.387 e. The topological polar surface area (TPSA) is 258 Å². The van der Waals surface area contributed by atoms with Gasteiger partial charge >= 0.3 is 7.82 Å². The number of nitro benzene ring substituents is 2. The lowest BCUT2D eigenvalue weighted by atomic mass is 10.1. The van der Waals surface area contributed by atoms with Crippen LogP contribution in [0.4, 0.5) is 17.2 Å². The summed E-state index contributed by atoms with van der Waals surface area (Å²) in [7, 11) is -4.85. The van der Waals surface area contributed by atoms with Gasteiger partial charge in [0.2, 0.25) is 0 Å². The highest BCUT2D eigenvalue weighted by atomic mass is 35.5. The van der Waals surface area contributed by atoms with Crippen LogP contribution in [0.5, 0.6) is 0 Å². The number of aliphatic hydroxyl groups is 2. The number of rotatable bonds is 9. The molecule has 18 nitrogen and oxygen atoms in total. The first-order valence-corrected chi connectivity index (χ1v) is 12.0. The molecule has 0 amide bonds. The maximum atomic E-state index is 11.2. The molecule has 4 rings (SSSR count). The van der Waals surface area contributed by atoms with E-state index in [-0.39, 0.29) is 29.1 Å². The average Bonchev–Trinajstić information content (AvgIpc) is 3.37. The first-order valence-electron chi connectivity index (χ1n) is 10.1. The number of halogens is 1. The predicted octanol–water partition coefficient (Wildman–Crippen LogP) is 0.637. The molecule has 1 aliphatic heterocycles. The molecule has 198 valence electrons. The number of aliphatic hydroxyl groups excluding tert-OH is 2. The molecule has 1 aromatic carbocycles. The Labute approximate surface area is 210 Å². The maximum Gasteiger partial charge on any atom is 0.469 e.